The summed E-state index contributed by atoms with van der Waals surface area (Å²) in [7, 11) is 0. The van der Waals surface area contributed by atoms with E-state index in [2.05, 4.69) is 122 Å². The van der Waals surface area contributed by atoms with E-state index in [0.29, 0.717) is 0 Å². The summed E-state index contributed by atoms with van der Waals surface area (Å²) < 4.78 is 0. The van der Waals surface area contributed by atoms with Crippen molar-refractivity contribution in [1.82, 2.24) is 0 Å². The third-order valence-electron chi connectivity index (χ3n) is 3.15. The Balaban J connectivity index is 2.08. The molecule has 0 aliphatic heterocycles. The van der Waals surface area contributed by atoms with Gasteiger partial charge >= 0.3 is 0 Å². The van der Waals surface area contributed by atoms with Gasteiger partial charge in [0.05, 0.1) is 0 Å². The van der Waals surface area contributed by atoms with Crippen LogP contribution in [0.15, 0.2) is 60.7 Å². The summed E-state index contributed by atoms with van der Waals surface area (Å²) in [5.74, 6) is 0. The first-order valence-corrected chi connectivity index (χ1v) is 19.7. The molecule has 0 N–H and O–H groups in total. The number of hydrogen-bond acceptors (Lipinski definition) is 0. The molecule has 0 bridgehead atoms. The molecule has 0 atom stereocenters. The molecule has 0 aliphatic rings. The Hall–Kier alpha value is 0.794. The van der Waals surface area contributed by atoms with Crippen LogP contribution in [-0.2, 0) is 0 Å². The van der Waals surface area contributed by atoms with Crippen LogP contribution in [0.1, 0.15) is 0 Å². The van der Waals surface area contributed by atoms with E-state index >= 15 is 0 Å². The van der Waals surface area contributed by atoms with E-state index in [0.717, 1.165) is 12.1 Å². The molecule has 106 valence electrons. The SMILES string of the molecule is Br[Si](Br)(CC[Si](Br)(Br)c1ccccc1)c1ccccc1. The van der Waals surface area contributed by atoms with E-state index in [1.165, 1.54) is 10.4 Å². The second-order valence-corrected chi connectivity index (χ2v) is 32.2. The molecule has 0 radical (unpaired) electrons. The normalized spacial score (nSPS) is 12.4. The lowest BCUT2D eigenvalue weighted by Gasteiger charge is -2.24. The van der Waals surface area contributed by atoms with Crippen LogP contribution in [0, 0.1) is 0 Å². The monoisotopic (exact) mass is 554 g/mol. The van der Waals surface area contributed by atoms with Crippen LogP contribution in [-0.4, -0.2) is 10.6 Å². The van der Waals surface area contributed by atoms with Crippen LogP contribution in [0.3, 0.4) is 0 Å². The summed E-state index contributed by atoms with van der Waals surface area (Å²) in [6.45, 7) is 0. The zero-order valence-corrected chi connectivity index (χ0v) is 19.0. The smallest absolute Gasteiger partial charge is 0.105 e. The van der Waals surface area contributed by atoms with E-state index in [1.54, 1.807) is 0 Å². The molecule has 6 heteroatoms. The lowest BCUT2D eigenvalue weighted by molar-refractivity contribution is 1.41. The Morgan fingerprint density at radius 3 is 1.15 bits per heavy atom. The van der Waals surface area contributed by atoms with Gasteiger partial charge in [0, 0.05) is 0 Å². The highest BCUT2D eigenvalue weighted by Crippen LogP contribution is 2.34. The maximum Gasteiger partial charge on any atom is 0.230 e. The summed E-state index contributed by atoms with van der Waals surface area (Å²) in [4.78, 5) is 0. The number of hydrogen-bond donors (Lipinski definition) is 0. The minimum atomic E-state index is -1.72. The van der Waals surface area contributed by atoms with Crippen molar-refractivity contribution in [2.75, 3.05) is 0 Å². The molecule has 0 fully saturated rings. The molecule has 0 unspecified atom stereocenters. The fourth-order valence-corrected chi connectivity index (χ4v) is 16.7. The molecular weight excluding hydrogens is 544 g/mol. The highest BCUT2D eigenvalue weighted by molar-refractivity contribution is 9.52. The van der Waals surface area contributed by atoms with E-state index in [1.807, 2.05) is 0 Å². The van der Waals surface area contributed by atoms with E-state index in [9.17, 15) is 0 Å². The Bertz CT molecular complexity index is 492. The minimum absolute atomic E-state index is 1.13. The first-order valence-electron chi connectivity index (χ1n) is 6.28. The van der Waals surface area contributed by atoms with E-state index in [4.69, 9.17) is 0 Å². The first-order chi connectivity index (χ1) is 9.42. The Labute approximate surface area is 153 Å². The van der Waals surface area contributed by atoms with Crippen molar-refractivity contribution in [2.24, 2.45) is 0 Å². The lowest BCUT2D eigenvalue weighted by atomic mass is 10.4. The summed E-state index contributed by atoms with van der Waals surface area (Å²) in [5.41, 5.74) is 0. The van der Waals surface area contributed by atoms with Crippen LogP contribution in [0.4, 0.5) is 0 Å². The van der Waals surface area contributed by atoms with Crippen LogP contribution in [0.2, 0.25) is 12.1 Å². The van der Waals surface area contributed by atoms with E-state index in [-0.39, 0.29) is 0 Å². The molecular formula is C14H14Br4Si2. The standard InChI is InChI=1S/C14H14Br4Si2/c15-19(16,13-7-3-1-4-8-13)11-12-20(17,18)14-9-5-2-6-10-14/h1-10H,11-12H2. The van der Waals surface area contributed by atoms with Crippen molar-refractivity contribution >= 4 is 82.2 Å². The molecule has 0 heterocycles. The van der Waals surface area contributed by atoms with Crippen molar-refractivity contribution < 1.29 is 0 Å². The second-order valence-electron chi connectivity index (χ2n) is 4.64. The molecule has 2 rings (SSSR count). The maximum absolute atomic E-state index is 3.95. The highest BCUT2D eigenvalue weighted by Gasteiger charge is 2.36. The molecule has 0 aliphatic carbocycles. The fourth-order valence-electron chi connectivity index (χ4n) is 1.97. The predicted molar refractivity (Wildman–Crippen MR) is 109 cm³/mol. The summed E-state index contributed by atoms with van der Waals surface area (Å²) in [6.07, 6.45) is 0. The van der Waals surface area contributed by atoms with Gasteiger partial charge in [-0.1, -0.05) is 60.7 Å². The van der Waals surface area contributed by atoms with Crippen molar-refractivity contribution in [1.29, 1.82) is 0 Å². The van der Waals surface area contributed by atoms with E-state index < -0.39 is 10.6 Å². The van der Waals surface area contributed by atoms with Gasteiger partial charge in [0.2, 0.25) is 10.6 Å². The van der Waals surface area contributed by atoms with Gasteiger partial charge in [-0.05, 0) is 22.5 Å². The van der Waals surface area contributed by atoms with Gasteiger partial charge in [0.25, 0.3) is 0 Å². The van der Waals surface area contributed by atoms with Crippen LogP contribution in [0.5, 0.6) is 0 Å². The average Bonchev–Trinajstić information content (AvgIpc) is 2.47. The van der Waals surface area contributed by atoms with Crippen LogP contribution >= 0.6 is 61.2 Å². The second kappa shape index (κ2) is 7.37. The third kappa shape index (κ3) is 4.64. The quantitative estimate of drug-likeness (QED) is 0.347. The molecule has 0 aromatic heterocycles. The van der Waals surface area contributed by atoms with Gasteiger partial charge < -0.3 is 0 Å². The van der Waals surface area contributed by atoms with Gasteiger partial charge in [0.1, 0.15) is 0 Å². The predicted octanol–water partition coefficient (Wildman–Crippen LogP) is 5.26. The van der Waals surface area contributed by atoms with Gasteiger partial charge in [-0.15, -0.1) is 61.2 Å². The third-order valence-corrected chi connectivity index (χ3v) is 18.0. The van der Waals surface area contributed by atoms with Crippen molar-refractivity contribution in [3.63, 3.8) is 0 Å². The summed E-state index contributed by atoms with van der Waals surface area (Å²) in [5, 5.41) is -0.671. The van der Waals surface area contributed by atoms with Gasteiger partial charge in [-0.3, -0.25) is 0 Å². The lowest BCUT2D eigenvalue weighted by Crippen LogP contribution is -2.40. The van der Waals surface area contributed by atoms with Gasteiger partial charge in [-0.25, -0.2) is 0 Å². The largest absolute Gasteiger partial charge is 0.230 e. The van der Waals surface area contributed by atoms with Gasteiger partial charge in [-0.2, -0.15) is 0 Å². The zero-order chi connectivity index (χ0) is 14.6. The minimum Gasteiger partial charge on any atom is -0.105 e. The molecule has 2 aromatic rings. The molecule has 0 nitrogen and oxygen atoms in total. The van der Waals surface area contributed by atoms with Crippen molar-refractivity contribution in [3.05, 3.63) is 60.7 Å². The maximum atomic E-state index is 3.95. The average molecular weight is 558 g/mol. The summed E-state index contributed by atoms with van der Waals surface area (Å²) >= 11 is 15.8. The van der Waals surface area contributed by atoms with Crippen LogP contribution in [0.25, 0.3) is 0 Å². The Morgan fingerprint density at radius 1 is 0.550 bits per heavy atom. The summed E-state index contributed by atoms with van der Waals surface area (Å²) in [6, 6.07) is 23.6. The molecule has 0 saturated heterocycles. The van der Waals surface area contributed by atoms with Crippen LogP contribution < -0.4 is 10.4 Å². The Kier molecular flexibility index (Phi) is 6.32. The first kappa shape index (κ1) is 17.2. The zero-order valence-electron chi connectivity index (χ0n) is 10.7. The molecule has 0 saturated carbocycles. The highest BCUT2D eigenvalue weighted by atomic mass is 79.9. The topological polar surface area (TPSA) is 0 Å². The van der Waals surface area contributed by atoms with Gasteiger partial charge in [0.15, 0.2) is 0 Å². The molecule has 0 amide bonds. The molecule has 2 aromatic carbocycles. The molecule has 20 heavy (non-hydrogen) atoms. The number of halogens is 4. The van der Waals surface area contributed by atoms with Crippen molar-refractivity contribution in [2.45, 2.75) is 12.1 Å². The Morgan fingerprint density at radius 2 is 0.850 bits per heavy atom. The van der Waals surface area contributed by atoms with Crippen molar-refractivity contribution in [3.8, 4) is 0 Å². The molecule has 0 spiro atoms. The number of rotatable bonds is 5. The fraction of sp³-hybridized carbons (Fsp3) is 0.143. The number of benzene rings is 2.